The van der Waals surface area contributed by atoms with Crippen LogP contribution in [0.15, 0.2) is 36.4 Å². The molecule has 0 atom stereocenters. The molecule has 2 aromatic carbocycles. The lowest BCUT2D eigenvalue weighted by Crippen LogP contribution is -1.85. The fraction of sp³-hybridized carbons (Fsp3) is 0.143. The number of hydrogen-bond acceptors (Lipinski definition) is 3. The van der Waals surface area contributed by atoms with Gasteiger partial charge in [-0.3, -0.25) is 0 Å². The van der Waals surface area contributed by atoms with Crippen LogP contribution in [0.3, 0.4) is 0 Å². The molecule has 0 fully saturated rings. The summed E-state index contributed by atoms with van der Waals surface area (Å²) in [5.41, 5.74) is 1.94. The standard InChI is InChI=1S/C14H14O3/c1-2-9-7-12(16)14(13(17)8-9)10-3-5-11(15)6-4-10/h3-8,15-17H,2H2,1H3. The number of aromatic hydroxyl groups is 3. The number of rotatable bonds is 2. The molecule has 0 radical (unpaired) electrons. The smallest absolute Gasteiger partial charge is 0.127 e. The topological polar surface area (TPSA) is 60.7 Å². The third-order valence-electron chi connectivity index (χ3n) is 2.72. The van der Waals surface area contributed by atoms with Crippen molar-refractivity contribution in [2.75, 3.05) is 0 Å². The van der Waals surface area contributed by atoms with Crippen LogP contribution in [0.1, 0.15) is 12.5 Å². The summed E-state index contributed by atoms with van der Waals surface area (Å²) in [6.07, 6.45) is 0.747. The van der Waals surface area contributed by atoms with Gasteiger partial charge < -0.3 is 15.3 Å². The summed E-state index contributed by atoms with van der Waals surface area (Å²) in [6, 6.07) is 9.61. The van der Waals surface area contributed by atoms with Crippen molar-refractivity contribution in [1.29, 1.82) is 0 Å². The largest absolute Gasteiger partial charge is 0.508 e. The van der Waals surface area contributed by atoms with E-state index in [1.165, 1.54) is 12.1 Å². The van der Waals surface area contributed by atoms with E-state index in [2.05, 4.69) is 0 Å². The summed E-state index contributed by atoms with van der Waals surface area (Å²) in [5, 5.41) is 29.0. The zero-order valence-corrected chi connectivity index (χ0v) is 9.51. The Hall–Kier alpha value is -2.16. The minimum absolute atomic E-state index is 0.0486. The molecular weight excluding hydrogens is 216 g/mol. The quantitative estimate of drug-likeness (QED) is 0.743. The van der Waals surface area contributed by atoms with Crippen molar-refractivity contribution in [2.45, 2.75) is 13.3 Å². The number of hydrogen-bond donors (Lipinski definition) is 3. The van der Waals surface area contributed by atoms with E-state index in [1.807, 2.05) is 6.92 Å². The molecule has 0 saturated heterocycles. The Morgan fingerprint density at radius 2 is 1.41 bits per heavy atom. The predicted molar refractivity (Wildman–Crippen MR) is 66.3 cm³/mol. The van der Waals surface area contributed by atoms with Crippen molar-refractivity contribution >= 4 is 0 Å². The highest BCUT2D eigenvalue weighted by Gasteiger charge is 2.11. The Morgan fingerprint density at radius 3 is 1.88 bits per heavy atom. The van der Waals surface area contributed by atoms with Gasteiger partial charge in [0.1, 0.15) is 17.2 Å². The summed E-state index contributed by atoms with van der Waals surface area (Å²) >= 11 is 0. The maximum atomic E-state index is 9.90. The first-order chi connectivity index (χ1) is 8.11. The Balaban J connectivity index is 2.55. The zero-order valence-electron chi connectivity index (χ0n) is 9.51. The van der Waals surface area contributed by atoms with E-state index in [0.717, 1.165) is 12.0 Å². The third-order valence-corrected chi connectivity index (χ3v) is 2.72. The average molecular weight is 230 g/mol. The maximum absolute atomic E-state index is 9.90. The molecule has 0 unspecified atom stereocenters. The molecule has 2 rings (SSSR count). The molecule has 0 aliphatic carbocycles. The Kier molecular flexibility index (Phi) is 2.91. The van der Waals surface area contributed by atoms with E-state index >= 15 is 0 Å². The van der Waals surface area contributed by atoms with Gasteiger partial charge in [0.15, 0.2) is 0 Å². The normalized spacial score (nSPS) is 10.4. The lowest BCUT2D eigenvalue weighted by atomic mass is 10.0. The molecule has 17 heavy (non-hydrogen) atoms. The summed E-state index contributed by atoms with van der Waals surface area (Å²) in [6.45, 7) is 1.95. The fourth-order valence-electron chi connectivity index (χ4n) is 1.80. The van der Waals surface area contributed by atoms with Crippen LogP contribution >= 0.6 is 0 Å². The van der Waals surface area contributed by atoms with Crippen molar-refractivity contribution in [2.24, 2.45) is 0 Å². The van der Waals surface area contributed by atoms with Crippen LogP contribution < -0.4 is 0 Å². The number of phenolic OH excluding ortho intramolecular Hbond substituents is 3. The first-order valence-corrected chi connectivity index (χ1v) is 5.46. The Morgan fingerprint density at radius 1 is 0.882 bits per heavy atom. The van der Waals surface area contributed by atoms with E-state index in [0.29, 0.717) is 11.1 Å². The van der Waals surface area contributed by atoms with Gasteiger partial charge in [-0.2, -0.15) is 0 Å². The van der Waals surface area contributed by atoms with Gasteiger partial charge in [-0.25, -0.2) is 0 Å². The van der Waals surface area contributed by atoms with Gasteiger partial charge in [-0.05, 0) is 41.8 Å². The zero-order chi connectivity index (χ0) is 12.4. The number of benzene rings is 2. The molecule has 0 aliphatic rings. The third kappa shape index (κ3) is 2.18. The maximum Gasteiger partial charge on any atom is 0.127 e. The highest BCUT2D eigenvalue weighted by Crippen LogP contribution is 2.38. The van der Waals surface area contributed by atoms with Gasteiger partial charge in [-0.1, -0.05) is 19.1 Å². The first-order valence-electron chi connectivity index (χ1n) is 5.46. The van der Waals surface area contributed by atoms with Gasteiger partial charge in [-0.15, -0.1) is 0 Å². The SMILES string of the molecule is CCc1cc(O)c(-c2ccc(O)cc2)c(O)c1. The molecule has 0 saturated carbocycles. The number of phenols is 3. The molecule has 3 heteroatoms. The molecule has 0 aromatic heterocycles. The molecule has 0 aliphatic heterocycles. The molecule has 0 spiro atoms. The fourth-order valence-corrected chi connectivity index (χ4v) is 1.80. The van der Waals surface area contributed by atoms with Gasteiger partial charge in [0, 0.05) is 0 Å². The second kappa shape index (κ2) is 4.37. The minimum atomic E-state index is 0.0486. The lowest BCUT2D eigenvalue weighted by molar-refractivity contribution is 0.452. The average Bonchev–Trinajstić information content (AvgIpc) is 2.30. The van der Waals surface area contributed by atoms with Crippen LogP contribution in [0, 0.1) is 0 Å². The van der Waals surface area contributed by atoms with Gasteiger partial charge in [0.2, 0.25) is 0 Å². The minimum Gasteiger partial charge on any atom is -0.508 e. The van der Waals surface area contributed by atoms with E-state index in [9.17, 15) is 15.3 Å². The summed E-state index contributed by atoms with van der Waals surface area (Å²) < 4.78 is 0. The van der Waals surface area contributed by atoms with Gasteiger partial charge >= 0.3 is 0 Å². The lowest BCUT2D eigenvalue weighted by Gasteiger charge is -2.09. The highest BCUT2D eigenvalue weighted by atomic mass is 16.3. The van der Waals surface area contributed by atoms with Crippen molar-refractivity contribution in [1.82, 2.24) is 0 Å². The van der Waals surface area contributed by atoms with Gasteiger partial charge in [0.05, 0.1) is 5.56 Å². The van der Waals surface area contributed by atoms with Crippen molar-refractivity contribution < 1.29 is 15.3 Å². The van der Waals surface area contributed by atoms with Crippen molar-refractivity contribution in [3.05, 3.63) is 42.0 Å². The predicted octanol–water partition coefficient (Wildman–Crippen LogP) is 3.03. The van der Waals surface area contributed by atoms with E-state index in [1.54, 1.807) is 24.3 Å². The molecular formula is C14H14O3. The highest BCUT2D eigenvalue weighted by molar-refractivity contribution is 5.77. The van der Waals surface area contributed by atoms with Crippen LogP contribution in [-0.4, -0.2) is 15.3 Å². The number of aryl methyl sites for hydroxylation is 1. The monoisotopic (exact) mass is 230 g/mol. The van der Waals surface area contributed by atoms with Crippen LogP contribution in [0.25, 0.3) is 11.1 Å². The molecule has 0 amide bonds. The molecule has 0 bridgehead atoms. The second-order valence-electron chi connectivity index (χ2n) is 3.91. The van der Waals surface area contributed by atoms with Crippen LogP contribution in [0.5, 0.6) is 17.2 Å². The van der Waals surface area contributed by atoms with E-state index in [-0.39, 0.29) is 17.2 Å². The Bertz CT molecular complexity index is 507. The van der Waals surface area contributed by atoms with Crippen LogP contribution in [0.2, 0.25) is 0 Å². The van der Waals surface area contributed by atoms with E-state index in [4.69, 9.17) is 0 Å². The Labute approximate surface area is 99.6 Å². The molecule has 0 heterocycles. The summed E-state index contributed by atoms with van der Waals surface area (Å²) in [4.78, 5) is 0. The van der Waals surface area contributed by atoms with Crippen molar-refractivity contribution in [3.63, 3.8) is 0 Å². The van der Waals surface area contributed by atoms with Gasteiger partial charge in [0.25, 0.3) is 0 Å². The molecule has 88 valence electrons. The van der Waals surface area contributed by atoms with E-state index < -0.39 is 0 Å². The van der Waals surface area contributed by atoms with Crippen LogP contribution in [-0.2, 0) is 6.42 Å². The second-order valence-corrected chi connectivity index (χ2v) is 3.91. The summed E-state index contributed by atoms with van der Waals surface area (Å²) in [5.74, 6) is 0.248. The van der Waals surface area contributed by atoms with Crippen LogP contribution in [0.4, 0.5) is 0 Å². The molecule has 2 aromatic rings. The first kappa shape index (κ1) is 11.3. The van der Waals surface area contributed by atoms with Crippen molar-refractivity contribution in [3.8, 4) is 28.4 Å². The molecule has 3 N–H and O–H groups in total. The molecule has 3 nitrogen and oxygen atoms in total. The summed E-state index contributed by atoms with van der Waals surface area (Å²) in [7, 11) is 0.